The molecular formula is C15H19ClO2. The van der Waals surface area contributed by atoms with Crippen LogP contribution in [0.15, 0.2) is 18.2 Å². The van der Waals surface area contributed by atoms with Crippen molar-refractivity contribution in [1.29, 1.82) is 0 Å². The van der Waals surface area contributed by atoms with E-state index in [0.717, 1.165) is 25.7 Å². The summed E-state index contributed by atoms with van der Waals surface area (Å²) >= 11 is 5.99. The van der Waals surface area contributed by atoms with Gasteiger partial charge in [0.05, 0.1) is 12.7 Å². The molecule has 1 aromatic carbocycles. The molecule has 2 rings (SSSR count). The lowest BCUT2D eigenvalue weighted by atomic mass is 9.71. The molecule has 1 aromatic rings. The Labute approximate surface area is 113 Å². The van der Waals surface area contributed by atoms with E-state index in [1.807, 2.05) is 0 Å². The number of Topliss-reactive ketones (excluding diaryl/α,β-unsaturated/α-hetero) is 1. The molecule has 98 valence electrons. The summed E-state index contributed by atoms with van der Waals surface area (Å²) in [6.07, 6.45) is 5.41. The molecule has 3 heteroatoms. The van der Waals surface area contributed by atoms with Gasteiger partial charge in [-0.3, -0.25) is 4.79 Å². The molecule has 0 aliphatic heterocycles. The van der Waals surface area contributed by atoms with Crippen molar-refractivity contribution in [3.05, 3.63) is 28.8 Å². The zero-order valence-corrected chi connectivity index (χ0v) is 11.7. The number of methoxy groups -OCH3 is 1. The van der Waals surface area contributed by atoms with Crippen LogP contribution in [0.4, 0.5) is 0 Å². The van der Waals surface area contributed by atoms with Gasteiger partial charge in [0.15, 0.2) is 5.78 Å². The van der Waals surface area contributed by atoms with Crippen molar-refractivity contribution in [1.82, 2.24) is 0 Å². The maximum Gasteiger partial charge on any atom is 0.172 e. The fourth-order valence-electron chi connectivity index (χ4n) is 2.74. The molecule has 1 aliphatic rings. The Balaban J connectivity index is 2.35. The Morgan fingerprint density at radius 2 is 1.94 bits per heavy atom. The lowest BCUT2D eigenvalue weighted by Crippen LogP contribution is -2.30. The molecule has 0 spiro atoms. The molecule has 0 amide bonds. The summed E-state index contributed by atoms with van der Waals surface area (Å²) in [5, 5.41) is 0.582. The first kappa shape index (κ1) is 13.4. The van der Waals surface area contributed by atoms with Crippen molar-refractivity contribution in [2.24, 2.45) is 5.41 Å². The lowest BCUT2D eigenvalue weighted by molar-refractivity contribution is 0.0746. The molecule has 0 bridgehead atoms. The predicted molar refractivity (Wildman–Crippen MR) is 73.5 cm³/mol. The number of ketones is 1. The van der Waals surface area contributed by atoms with Gasteiger partial charge in [0.1, 0.15) is 5.75 Å². The Bertz CT molecular complexity index is 448. The van der Waals surface area contributed by atoms with Crippen LogP contribution in [0.5, 0.6) is 5.75 Å². The van der Waals surface area contributed by atoms with Crippen LogP contribution in [0, 0.1) is 5.41 Å². The normalized spacial score (nSPS) is 18.4. The van der Waals surface area contributed by atoms with Gasteiger partial charge in [-0.15, -0.1) is 0 Å². The summed E-state index contributed by atoms with van der Waals surface area (Å²) in [5.41, 5.74) is 0.366. The Morgan fingerprint density at radius 3 is 2.56 bits per heavy atom. The number of rotatable bonds is 3. The molecule has 18 heavy (non-hydrogen) atoms. The number of hydrogen-bond donors (Lipinski definition) is 0. The molecule has 1 aliphatic carbocycles. The first-order chi connectivity index (χ1) is 8.57. The second kappa shape index (κ2) is 5.31. The monoisotopic (exact) mass is 266 g/mol. The van der Waals surface area contributed by atoms with Gasteiger partial charge in [-0.1, -0.05) is 37.8 Å². The van der Waals surface area contributed by atoms with Crippen molar-refractivity contribution < 1.29 is 9.53 Å². The van der Waals surface area contributed by atoms with Gasteiger partial charge in [0.25, 0.3) is 0 Å². The van der Waals surface area contributed by atoms with Crippen molar-refractivity contribution in [2.75, 3.05) is 7.11 Å². The van der Waals surface area contributed by atoms with Crippen LogP contribution in [-0.4, -0.2) is 12.9 Å². The first-order valence-corrected chi connectivity index (χ1v) is 6.83. The summed E-state index contributed by atoms with van der Waals surface area (Å²) in [5.74, 6) is 0.790. The minimum Gasteiger partial charge on any atom is -0.496 e. The molecule has 2 nitrogen and oxygen atoms in total. The highest BCUT2D eigenvalue weighted by atomic mass is 35.5. The van der Waals surface area contributed by atoms with E-state index in [1.165, 1.54) is 6.42 Å². The summed E-state index contributed by atoms with van der Waals surface area (Å²) in [4.78, 5) is 12.7. The average molecular weight is 267 g/mol. The molecule has 1 fully saturated rings. The van der Waals surface area contributed by atoms with E-state index >= 15 is 0 Å². The van der Waals surface area contributed by atoms with Gasteiger partial charge in [-0.2, -0.15) is 0 Å². The topological polar surface area (TPSA) is 26.3 Å². The van der Waals surface area contributed by atoms with Crippen LogP contribution in [0.25, 0.3) is 0 Å². The summed E-state index contributed by atoms with van der Waals surface area (Å²) < 4.78 is 5.28. The predicted octanol–water partition coefficient (Wildman–Crippen LogP) is 4.50. The highest BCUT2D eigenvalue weighted by Gasteiger charge is 2.36. The number of ether oxygens (including phenoxy) is 1. The van der Waals surface area contributed by atoms with Crippen molar-refractivity contribution in [3.63, 3.8) is 0 Å². The third-order valence-corrected chi connectivity index (χ3v) is 4.15. The third kappa shape index (κ3) is 2.54. The highest BCUT2D eigenvalue weighted by Crippen LogP contribution is 2.40. The van der Waals surface area contributed by atoms with Crippen LogP contribution in [0.2, 0.25) is 5.02 Å². The van der Waals surface area contributed by atoms with E-state index in [0.29, 0.717) is 16.3 Å². The molecule has 0 radical (unpaired) electrons. The zero-order valence-electron chi connectivity index (χ0n) is 11.0. The van der Waals surface area contributed by atoms with Gasteiger partial charge in [-0.25, -0.2) is 0 Å². The van der Waals surface area contributed by atoms with Gasteiger partial charge in [0.2, 0.25) is 0 Å². The molecule has 1 saturated carbocycles. The standard InChI is InChI=1S/C15H19ClO2/c1-15(8-4-3-5-9-15)14(17)12-10-11(16)6-7-13(12)18-2/h6-7,10H,3-5,8-9H2,1-2H3. The van der Waals surface area contributed by atoms with E-state index < -0.39 is 0 Å². The largest absolute Gasteiger partial charge is 0.496 e. The summed E-state index contributed by atoms with van der Waals surface area (Å²) in [7, 11) is 1.59. The Morgan fingerprint density at radius 1 is 1.28 bits per heavy atom. The smallest absolute Gasteiger partial charge is 0.172 e. The van der Waals surface area contributed by atoms with Gasteiger partial charge >= 0.3 is 0 Å². The van der Waals surface area contributed by atoms with Crippen molar-refractivity contribution in [2.45, 2.75) is 39.0 Å². The summed E-state index contributed by atoms with van der Waals surface area (Å²) in [6.45, 7) is 2.06. The number of carbonyl (C=O) groups is 1. The second-order valence-electron chi connectivity index (χ2n) is 5.30. The fourth-order valence-corrected chi connectivity index (χ4v) is 2.91. The third-order valence-electron chi connectivity index (χ3n) is 3.91. The van der Waals surface area contributed by atoms with Gasteiger partial charge in [0, 0.05) is 10.4 Å². The number of hydrogen-bond acceptors (Lipinski definition) is 2. The maximum absolute atomic E-state index is 12.7. The van der Waals surface area contributed by atoms with Gasteiger partial charge in [-0.05, 0) is 31.0 Å². The lowest BCUT2D eigenvalue weighted by Gasteiger charge is -2.32. The van der Waals surface area contributed by atoms with E-state index in [4.69, 9.17) is 16.3 Å². The van der Waals surface area contributed by atoms with E-state index in [2.05, 4.69) is 6.92 Å². The SMILES string of the molecule is COc1ccc(Cl)cc1C(=O)C1(C)CCCCC1. The highest BCUT2D eigenvalue weighted by molar-refractivity contribution is 6.31. The van der Waals surface area contributed by atoms with Crippen LogP contribution in [-0.2, 0) is 0 Å². The minimum absolute atomic E-state index is 0.168. The second-order valence-corrected chi connectivity index (χ2v) is 5.73. The van der Waals surface area contributed by atoms with Crippen LogP contribution in [0.3, 0.4) is 0 Å². The summed E-state index contributed by atoms with van der Waals surface area (Å²) in [6, 6.07) is 5.24. The number of benzene rings is 1. The van der Waals surface area contributed by atoms with Crippen LogP contribution >= 0.6 is 11.6 Å². The molecule has 0 saturated heterocycles. The minimum atomic E-state index is -0.254. The molecule has 0 aromatic heterocycles. The molecule has 0 atom stereocenters. The van der Waals surface area contributed by atoms with E-state index in [1.54, 1.807) is 25.3 Å². The average Bonchev–Trinajstić information content (AvgIpc) is 2.38. The van der Waals surface area contributed by atoms with Crippen LogP contribution in [0.1, 0.15) is 49.4 Å². The van der Waals surface area contributed by atoms with Crippen molar-refractivity contribution in [3.8, 4) is 5.75 Å². The van der Waals surface area contributed by atoms with E-state index in [-0.39, 0.29) is 11.2 Å². The quantitative estimate of drug-likeness (QED) is 0.753. The molecule has 0 N–H and O–H groups in total. The maximum atomic E-state index is 12.7. The number of halogens is 1. The number of carbonyl (C=O) groups excluding carboxylic acids is 1. The Hall–Kier alpha value is -1.02. The first-order valence-electron chi connectivity index (χ1n) is 6.45. The molecule has 0 unspecified atom stereocenters. The zero-order chi connectivity index (χ0) is 13.2. The Kier molecular flexibility index (Phi) is 3.96. The fraction of sp³-hybridized carbons (Fsp3) is 0.533. The van der Waals surface area contributed by atoms with Crippen LogP contribution < -0.4 is 4.74 Å². The molecular weight excluding hydrogens is 248 g/mol. The molecule has 0 heterocycles. The van der Waals surface area contributed by atoms with E-state index in [9.17, 15) is 4.79 Å². The van der Waals surface area contributed by atoms with Crippen molar-refractivity contribution >= 4 is 17.4 Å². The van der Waals surface area contributed by atoms with Gasteiger partial charge < -0.3 is 4.74 Å².